The third kappa shape index (κ3) is 2.79. The lowest BCUT2D eigenvalue weighted by atomic mass is 9.78. The van der Waals surface area contributed by atoms with Crippen molar-refractivity contribution in [2.75, 3.05) is 0 Å². The highest BCUT2D eigenvalue weighted by atomic mass is 16.6. The Morgan fingerprint density at radius 2 is 2.12 bits per heavy atom. The van der Waals surface area contributed by atoms with E-state index in [1.807, 2.05) is 20.8 Å². The normalized spacial score (nSPS) is 40.6. The van der Waals surface area contributed by atoms with Crippen molar-refractivity contribution in [1.29, 1.82) is 0 Å². The van der Waals surface area contributed by atoms with Gasteiger partial charge in [0, 0.05) is 17.9 Å². The Hall–Kier alpha value is -1.66. The second-order valence-corrected chi connectivity index (χ2v) is 8.14. The van der Waals surface area contributed by atoms with Gasteiger partial charge in [0.1, 0.15) is 12.2 Å². The molecule has 6 nitrogen and oxygen atoms in total. The van der Waals surface area contributed by atoms with E-state index in [4.69, 9.17) is 9.47 Å². The summed E-state index contributed by atoms with van der Waals surface area (Å²) < 4.78 is 11.3. The molecule has 0 aromatic rings. The SMILES string of the molecule is C=C1C(=O)OC2C1C(OC(=O)C(C)CC)CC(C)=C1CC(O)C(C)(O)C12. The lowest BCUT2D eigenvalue weighted by Gasteiger charge is -2.35. The summed E-state index contributed by atoms with van der Waals surface area (Å²) in [5, 5.41) is 21.2. The number of esters is 2. The number of fused-ring (bicyclic) bond motifs is 3. The molecule has 144 valence electrons. The highest BCUT2D eigenvalue weighted by molar-refractivity contribution is 5.91. The maximum Gasteiger partial charge on any atom is 0.334 e. The first-order valence-corrected chi connectivity index (χ1v) is 9.28. The van der Waals surface area contributed by atoms with Crippen LogP contribution in [-0.4, -0.2) is 46.1 Å². The van der Waals surface area contributed by atoms with Crippen molar-refractivity contribution >= 4 is 11.9 Å². The summed E-state index contributed by atoms with van der Waals surface area (Å²) in [4.78, 5) is 24.6. The summed E-state index contributed by atoms with van der Waals surface area (Å²) in [6, 6.07) is 0. The molecule has 7 atom stereocenters. The number of carbonyl (C=O) groups excluding carboxylic acids is 2. The Morgan fingerprint density at radius 3 is 2.73 bits per heavy atom. The van der Waals surface area contributed by atoms with Gasteiger partial charge in [-0.3, -0.25) is 4.79 Å². The van der Waals surface area contributed by atoms with Crippen molar-refractivity contribution in [3.63, 3.8) is 0 Å². The van der Waals surface area contributed by atoms with Crippen LogP contribution in [0.3, 0.4) is 0 Å². The van der Waals surface area contributed by atoms with E-state index in [0.29, 0.717) is 19.3 Å². The van der Waals surface area contributed by atoms with Crippen LogP contribution in [0.4, 0.5) is 0 Å². The molecule has 1 saturated heterocycles. The van der Waals surface area contributed by atoms with Crippen molar-refractivity contribution in [3.05, 3.63) is 23.3 Å². The zero-order valence-electron chi connectivity index (χ0n) is 15.8. The third-order valence-corrected chi connectivity index (χ3v) is 6.42. The van der Waals surface area contributed by atoms with E-state index in [-0.39, 0.29) is 17.5 Å². The maximum atomic E-state index is 12.4. The molecule has 0 bridgehead atoms. The fourth-order valence-corrected chi connectivity index (χ4v) is 4.50. The second kappa shape index (κ2) is 6.50. The summed E-state index contributed by atoms with van der Waals surface area (Å²) in [6.45, 7) is 11.1. The molecule has 2 fully saturated rings. The van der Waals surface area contributed by atoms with E-state index in [2.05, 4.69) is 6.58 Å². The molecule has 26 heavy (non-hydrogen) atoms. The van der Waals surface area contributed by atoms with Gasteiger partial charge in [0.2, 0.25) is 0 Å². The summed E-state index contributed by atoms with van der Waals surface area (Å²) >= 11 is 0. The van der Waals surface area contributed by atoms with E-state index >= 15 is 0 Å². The number of carbonyl (C=O) groups is 2. The minimum absolute atomic E-state index is 0.236. The van der Waals surface area contributed by atoms with Gasteiger partial charge in [-0.05, 0) is 26.7 Å². The molecular weight excluding hydrogens is 336 g/mol. The molecule has 2 N–H and O–H groups in total. The van der Waals surface area contributed by atoms with Crippen LogP contribution in [0.5, 0.6) is 0 Å². The first kappa shape index (κ1) is 19.1. The van der Waals surface area contributed by atoms with Gasteiger partial charge in [-0.1, -0.05) is 31.6 Å². The Bertz CT molecular complexity index is 676. The van der Waals surface area contributed by atoms with Crippen LogP contribution in [0, 0.1) is 17.8 Å². The molecule has 1 heterocycles. The second-order valence-electron chi connectivity index (χ2n) is 8.14. The van der Waals surface area contributed by atoms with E-state index in [1.165, 1.54) is 0 Å². The first-order chi connectivity index (χ1) is 12.1. The monoisotopic (exact) mass is 364 g/mol. The maximum absolute atomic E-state index is 12.4. The minimum atomic E-state index is -1.42. The van der Waals surface area contributed by atoms with Crippen LogP contribution >= 0.6 is 0 Å². The molecule has 0 radical (unpaired) electrons. The highest BCUT2D eigenvalue weighted by Gasteiger charge is 2.60. The number of aliphatic hydroxyl groups is 2. The predicted octanol–water partition coefficient (Wildman–Crippen LogP) is 1.89. The molecule has 0 aromatic heterocycles. The molecule has 0 spiro atoms. The Labute approximate surface area is 153 Å². The van der Waals surface area contributed by atoms with E-state index in [1.54, 1.807) is 6.92 Å². The molecule has 3 aliphatic rings. The van der Waals surface area contributed by atoms with Crippen LogP contribution in [0.2, 0.25) is 0 Å². The van der Waals surface area contributed by atoms with Crippen molar-refractivity contribution in [1.82, 2.24) is 0 Å². The van der Waals surface area contributed by atoms with Crippen LogP contribution in [0.1, 0.15) is 47.0 Å². The highest BCUT2D eigenvalue weighted by Crippen LogP contribution is 2.52. The summed E-state index contributed by atoms with van der Waals surface area (Å²) in [5.41, 5.74) is 0.706. The van der Waals surface area contributed by atoms with Gasteiger partial charge in [-0.25, -0.2) is 4.79 Å². The van der Waals surface area contributed by atoms with Crippen molar-refractivity contribution in [3.8, 4) is 0 Å². The average molecular weight is 364 g/mol. The molecule has 1 saturated carbocycles. The molecule has 3 rings (SSSR count). The lowest BCUT2D eigenvalue weighted by Crippen LogP contribution is -2.48. The number of hydrogen-bond donors (Lipinski definition) is 2. The summed E-state index contributed by atoms with van der Waals surface area (Å²) in [7, 11) is 0. The number of hydrogen-bond acceptors (Lipinski definition) is 6. The third-order valence-electron chi connectivity index (χ3n) is 6.42. The van der Waals surface area contributed by atoms with E-state index in [0.717, 1.165) is 11.1 Å². The van der Waals surface area contributed by atoms with E-state index < -0.39 is 41.7 Å². The van der Waals surface area contributed by atoms with Gasteiger partial charge < -0.3 is 19.7 Å². The largest absolute Gasteiger partial charge is 0.461 e. The van der Waals surface area contributed by atoms with Crippen LogP contribution in [-0.2, 0) is 19.1 Å². The van der Waals surface area contributed by atoms with Crippen LogP contribution in [0.15, 0.2) is 23.3 Å². The molecule has 6 heteroatoms. The zero-order valence-corrected chi connectivity index (χ0v) is 15.8. The topological polar surface area (TPSA) is 93.1 Å². The number of rotatable bonds is 3. The minimum Gasteiger partial charge on any atom is -0.461 e. The van der Waals surface area contributed by atoms with Crippen molar-refractivity contribution in [2.24, 2.45) is 17.8 Å². The number of ether oxygens (including phenoxy) is 2. The molecule has 0 aromatic carbocycles. The average Bonchev–Trinajstić information content (AvgIpc) is 2.94. The number of aliphatic hydroxyl groups excluding tert-OH is 1. The molecule has 7 unspecified atom stereocenters. The fourth-order valence-electron chi connectivity index (χ4n) is 4.50. The Balaban J connectivity index is 2.02. The van der Waals surface area contributed by atoms with Gasteiger partial charge in [-0.15, -0.1) is 0 Å². The summed E-state index contributed by atoms with van der Waals surface area (Å²) in [6.07, 6.45) is -0.753. The molecule has 1 aliphatic heterocycles. The molecule has 0 amide bonds. The standard InChI is InChI=1S/C20H28O6/c1-6-9(2)18(22)25-13-7-10(3)12-8-14(21)20(5,24)16(12)17-15(13)11(4)19(23)26-17/h9,13-17,21,24H,4,6-8H2,1-3,5H3. The van der Waals surface area contributed by atoms with Gasteiger partial charge in [0.25, 0.3) is 0 Å². The van der Waals surface area contributed by atoms with Gasteiger partial charge in [-0.2, -0.15) is 0 Å². The first-order valence-electron chi connectivity index (χ1n) is 9.28. The molecule has 2 aliphatic carbocycles. The van der Waals surface area contributed by atoms with Gasteiger partial charge in [0.05, 0.1) is 23.5 Å². The lowest BCUT2D eigenvalue weighted by molar-refractivity contribution is -0.160. The smallest absolute Gasteiger partial charge is 0.334 e. The van der Waals surface area contributed by atoms with Crippen LogP contribution in [0.25, 0.3) is 0 Å². The van der Waals surface area contributed by atoms with Gasteiger partial charge >= 0.3 is 11.9 Å². The molecular formula is C20H28O6. The van der Waals surface area contributed by atoms with Crippen molar-refractivity contribution in [2.45, 2.75) is 70.9 Å². The van der Waals surface area contributed by atoms with E-state index in [9.17, 15) is 19.8 Å². The zero-order chi connectivity index (χ0) is 19.4. The van der Waals surface area contributed by atoms with Crippen molar-refractivity contribution < 1.29 is 29.3 Å². The van der Waals surface area contributed by atoms with Gasteiger partial charge in [0.15, 0.2) is 0 Å². The van der Waals surface area contributed by atoms with Crippen LogP contribution < -0.4 is 0 Å². The Kier molecular flexibility index (Phi) is 4.78. The summed E-state index contributed by atoms with van der Waals surface area (Å²) in [5.74, 6) is -2.12. The quantitative estimate of drug-likeness (QED) is 0.451. The predicted molar refractivity (Wildman–Crippen MR) is 93.9 cm³/mol. The fraction of sp³-hybridized carbons (Fsp3) is 0.700. The Morgan fingerprint density at radius 1 is 1.46 bits per heavy atom.